The number of aryl methyl sites for hydroxylation is 1. The largest absolute Gasteiger partial charge is 0.383 e. The Kier molecular flexibility index (Phi) is 3.64. The van der Waals surface area contributed by atoms with Crippen molar-refractivity contribution in [3.05, 3.63) is 69.7 Å². The Morgan fingerprint density at radius 1 is 1.06 bits per heavy atom. The van der Waals surface area contributed by atoms with Crippen molar-refractivity contribution in [2.75, 3.05) is 0 Å². The predicted molar refractivity (Wildman–Crippen MR) is 66.6 cm³/mol. The third-order valence-electron chi connectivity index (χ3n) is 2.78. The summed E-state index contributed by atoms with van der Waals surface area (Å²) in [5.41, 5.74) is 0.347. The third-order valence-corrected chi connectivity index (χ3v) is 3.03. The van der Waals surface area contributed by atoms with Crippen LogP contribution >= 0.6 is 11.6 Å². The van der Waals surface area contributed by atoms with Crippen molar-refractivity contribution in [3.8, 4) is 0 Å². The SMILES string of the molecule is Cc1ccc(F)c(C(O)c2ccc(Cl)cc2)c1F. The standard InChI is InChI=1S/C14H11ClF2O/c1-8-2-7-11(16)12(13(8)17)14(18)9-3-5-10(15)6-4-9/h2-7,14,18H,1H3. The van der Waals surface area contributed by atoms with Crippen molar-refractivity contribution >= 4 is 11.6 Å². The van der Waals surface area contributed by atoms with Crippen LogP contribution in [0.4, 0.5) is 8.78 Å². The molecule has 0 spiro atoms. The summed E-state index contributed by atoms with van der Waals surface area (Å²) in [6.07, 6.45) is -1.35. The van der Waals surface area contributed by atoms with Crippen LogP contribution in [0.3, 0.4) is 0 Å². The van der Waals surface area contributed by atoms with Crippen LogP contribution in [0.1, 0.15) is 22.8 Å². The number of halogens is 3. The summed E-state index contributed by atoms with van der Waals surface area (Å²) in [5.74, 6) is -1.49. The fourth-order valence-electron chi connectivity index (χ4n) is 1.74. The van der Waals surface area contributed by atoms with Gasteiger partial charge in [-0.2, -0.15) is 0 Å². The number of rotatable bonds is 2. The lowest BCUT2D eigenvalue weighted by molar-refractivity contribution is 0.209. The van der Waals surface area contributed by atoms with Crippen LogP contribution < -0.4 is 0 Å². The average Bonchev–Trinajstić information content (AvgIpc) is 2.35. The highest BCUT2D eigenvalue weighted by atomic mass is 35.5. The van der Waals surface area contributed by atoms with Crippen LogP contribution in [-0.4, -0.2) is 5.11 Å². The monoisotopic (exact) mass is 268 g/mol. The minimum absolute atomic E-state index is 0.291. The van der Waals surface area contributed by atoms with Crippen molar-refractivity contribution in [1.29, 1.82) is 0 Å². The molecule has 0 aromatic heterocycles. The van der Waals surface area contributed by atoms with E-state index in [0.29, 0.717) is 16.1 Å². The molecular formula is C14H11ClF2O. The van der Waals surface area contributed by atoms with E-state index in [2.05, 4.69) is 0 Å². The molecule has 2 aromatic rings. The molecule has 1 nitrogen and oxygen atoms in total. The maximum atomic E-state index is 13.9. The maximum Gasteiger partial charge on any atom is 0.135 e. The van der Waals surface area contributed by atoms with E-state index in [9.17, 15) is 13.9 Å². The number of aliphatic hydroxyl groups is 1. The molecule has 0 saturated carbocycles. The molecule has 18 heavy (non-hydrogen) atoms. The first kappa shape index (κ1) is 13.0. The zero-order valence-corrected chi connectivity index (χ0v) is 10.4. The summed E-state index contributed by atoms with van der Waals surface area (Å²) >= 11 is 5.72. The molecule has 1 atom stereocenters. The van der Waals surface area contributed by atoms with Crippen LogP contribution in [0, 0.1) is 18.6 Å². The summed E-state index contributed by atoms with van der Waals surface area (Å²) in [7, 11) is 0. The van der Waals surface area contributed by atoms with E-state index in [-0.39, 0.29) is 5.56 Å². The van der Waals surface area contributed by atoms with E-state index in [1.165, 1.54) is 25.1 Å². The molecular weight excluding hydrogens is 258 g/mol. The summed E-state index contributed by atoms with van der Waals surface area (Å²) in [6.45, 7) is 1.52. The van der Waals surface area contributed by atoms with Gasteiger partial charge in [-0.25, -0.2) is 8.78 Å². The Labute approximate surface area is 109 Å². The molecule has 0 aliphatic rings. The lowest BCUT2D eigenvalue weighted by Gasteiger charge is -2.14. The lowest BCUT2D eigenvalue weighted by atomic mass is 9.98. The van der Waals surface area contributed by atoms with Crippen LogP contribution in [0.15, 0.2) is 36.4 Å². The van der Waals surface area contributed by atoms with Crippen molar-refractivity contribution in [2.24, 2.45) is 0 Å². The third kappa shape index (κ3) is 2.37. The first-order chi connectivity index (χ1) is 8.50. The normalized spacial score (nSPS) is 12.5. The van der Waals surface area contributed by atoms with Crippen molar-refractivity contribution in [2.45, 2.75) is 13.0 Å². The van der Waals surface area contributed by atoms with Gasteiger partial charge in [0, 0.05) is 5.02 Å². The van der Waals surface area contributed by atoms with Gasteiger partial charge in [-0.1, -0.05) is 29.8 Å². The fraction of sp³-hybridized carbons (Fsp3) is 0.143. The Balaban J connectivity index is 2.49. The number of hydrogen-bond donors (Lipinski definition) is 1. The zero-order valence-electron chi connectivity index (χ0n) is 9.62. The van der Waals surface area contributed by atoms with Crippen molar-refractivity contribution in [1.82, 2.24) is 0 Å². The first-order valence-corrected chi connectivity index (χ1v) is 5.76. The maximum absolute atomic E-state index is 13.9. The smallest absolute Gasteiger partial charge is 0.135 e. The zero-order chi connectivity index (χ0) is 13.3. The molecule has 0 bridgehead atoms. The molecule has 4 heteroatoms. The molecule has 0 amide bonds. The fourth-order valence-corrected chi connectivity index (χ4v) is 1.87. The molecule has 1 N–H and O–H groups in total. The van der Waals surface area contributed by atoms with Crippen molar-refractivity contribution < 1.29 is 13.9 Å². The molecule has 0 radical (unpaired) electrons. The molecule has 2 rings (SSSR count). The van der Waals surface area contributed by atoms with E-state index >= 15 is 0 Å². The van der Waals surface area contributed by atoms with Gasteiger partial charge in [-0.15, -0.1) is 0 Å². The van der Waals surface area contributed by atoms with E-state index in [1.54, 1.807) is 12.1 Å². The van der Waals surface area contributed by atoms with Gasteiger partial charge in [0.2, 0.25) is 0 Å². The molecule has 1 unspecified atom stereocenters. The van der Waals surface area contributed by atoms with Gasteiger partial charge >= 0.3 is 0 Å². The van der Waals surface area contributed by atoms with Crippen LogP contribution in [0.25, 0.3) is 0 Å². The van der Waals surface area contributed by atoms with E-state index in [0.717, 1.165) is 6.07 Å². The highest BCUT2D eigenvalue weighted by Crippen LogP contribution is 2.28. The van der Waals surface area contributed by atoms with Gasteiger partial charge in [0.1, 0.15) is 17.7 Å². The molecule has 0 fully saturated rings. The number of aliphatic hydroxyl groups excluding tert-OH is 1. The van der Waals surface area contributed by atoms with E-state index < -0.39 is 17.7 Å². The predicted octanol–water partition coefficient (Wildman–Crippen LogP) is 4.01. The molecule has 0 heterocycles. The van der Waals surface area contributed by atoms with Crippen LogP contribution in [0.5, 0.6) is 0 Å². The van der Waals surface area contributed by atoms with Crippen LogP contribution in [0.2, 0.25) is 5.02 Å². The van der Waals surface area contributed by atoms with Gasteiger partial charge in [-0.3, -0.25) is 0 Å². The second kappa shape index (κ2) is 5.04. The summed E-state index contributed by atoms with van der Waals surface area (Å²) < 4.78 is 27.5. The Hall–Kier alpha value is -1.45. The molecule has 0 aliphatic heterocycles. The number of benzene rings is 2. The topological polar surface area (TPSA) is 20.2 Å². The van der Waals surface area contributed by atoms with E-state index in [4.69, 9.17) is 11.6 Å². The number of hydrogen-bond acceptors (Lipinski definition) is 1. The van der Waals surface area contributed by atoms with Crippen LogP contribution in [-0.2, 0) is 0 Å². The quantitative estimate of drug-likeness (QED) is 0.873. The highest BCUT2D eigenvalue weighted by Gasteiger charge is 2.20. The molecule has 94 valence electrons. The lowest BCUT2D eigenvalue weighted by Crippen LogP contribution is -2.07. The second-order valence-corrected chi connectivity index (χ2v) is 4.48. The summed E-state index contributed by atoms with van der Waals surface area (Å²) in [4.78, 5) is 0. The highest BCUT2D eigenvalue weighted by molar-refractivity contribution is 6.30. The van der Waals surface area contributed by atoms with E-state index in [1.807, 2.05) is 0 Å². The summed E-state index contributed by atoms with van der Waals surface area (Å²) in [6, 6.07) is 8.68. The minimum Gasteiger partial charge on any atom is -0.383 e. The van der Waals surface area contributed by atoms with Gasteiger partial charge in [-0.05, 0) is 36.2 Å². The second-order valence-electron chi connectivity index (χ2n) is 4.05. The molecule has 0 saturated heterocycles. The Morgan fingerprint density at radius 3 is 2.28 bits per heavy atom. The molecule has 2 aromatic carbocycles. The first-order valence-electron chi connectivity index (χ1n) is 5.38. The van der Waals surface area contributed by atoms with Gasteiger partial charge in [0.15, 0.2) is 0 Å². The molecule has 0 aliphatic carbocycles. The van der Waals surface area contributed by atoms with Gasteiger partial charge in [0.25, 0.3) is 0 Å². The van der Waals surface area contributed by atoms with Gasteiger partial charge < -0.3 is 5.11 Å². The Bertz CT molecular complexity index is 567. The average molecular weight is 269 g/mol. The summed E-state index contributed by atoms with van der Waals surface area (Å²) in [5, 5.41) is 10.5. The minimum atomic E-state index is -1.35. The van der Waals surface area contributed by atoms with Gasteiger partial charge in [0.05, 0.1) is 5.56 Å². The van der Waals surface area contributed by atoms with Crippen molar-refractivity contribution in [3.63, 3.8) is 0 Å². The Morgan fingerprint density at radius 2 is 1.67 bits per heavy atom.